The lowest BCUT2D eigenvalue weighted by atomic mass is 9.69. The Morgan fingerprint density at radius 1 is 1.43 bits per heavy atom. The molecule has 3 aliphatic rings. The number of hydrogen-bond donors (Lipinski definition) is 2. The minimum atomic E-state index is -1.14. The van der Waals surface area contributed by atoms with Crippen LogP contribution >= 0.6 is 0 Å². The summed E-state index contributed by atoms with van der Waals surface area (Å²) < 4.78 is 0. The molecule has 2 N–H and O–H groups in total. The molecule has 0 aromatic rings. The zero-order valence-electron chi connectivity index (χ0n) is 13.0. The number of carbonyl (C=O) groups is 3. The molecule has 3 unspecified atom stereocenters. The minimum absolute atomic E-state index is 0.108. The Labute approximate surface area is 134 Å². The van der Waals surface area contributed by atoms with Crippen molar-refractivity contribution < 1.29 is 19.5 Å². The lowest BCUT2D eigenvalue weighted by Gasteiger charge is -2.41. The average Bonchev–Trinajstić information content (AvgIpc) is 2.51. The molecule has 2 fully saturated rings. The molecule has 3 amide bonds. The molecule has 7 nitrogen and oxygen atoms in total. The number of carboxylic acid groups (broad SMARTS) is 1. The number of urea groups is 1. The maximum Gasteiger partial charge on any atom is 0.327 e. The van der Waals surface area contributed by atoms with E-state index in [9.17, 15) is 14.4 Å². The molecule has 0 spiro atoms. The summed E-state index contributed by atoms with van der Waals surface area (Å²) in [6.07, 6.45) is 8.97. The van der Waals surface area contributed by atoms with E-state index in [0.29, 0.717) is 5.92 Å². The molecule has 1 saturated heterocycles. The summed E-state index contributed by atoms with van der Waals surface area (Å²) in [5.41, 5.74) is 0. The molecule has 124 valence electrons. The fraction of sp³-hybridized carbons (Fsp3) is 0.625. The van der Waals surface area contributed by atoms with E-state index in [1.807, 2.05) is 19.3 Å². The van der Waals surface area contributed by atoms with Crippen LogP contribution in [0.2, 0.25) is 0 Å². The normalized spacial score (nSPS) is 33.6. The van der Waals surface area contributed by atoms with Gasteiger partial charge in [0.1, 0.15) is 6.04 Å². The van der Waals surface area contributed by atoms with Crippen LogP contribution in [0.15, 0.2) is 17.3 Å². The number of imide groups is 1. The molecule has 1 aliphatic carbocycles. The van der Waals surface area contributed by atoms with Crippen molar-refractivity contribution in [1.29, 1.82) is 0 Å². The number of rotatable bonds is 3. The van der Waals surface area contributed by atoms with Gasteiger partial charge < -0.3 is 10.4 Å². The van der Waals surface area contributed by atoms with Gasteiger partial charge in [-0.25, -0.2) is 14.5 Å². The first-order valence-corrected chi connectivity index (χ1v) is 8.04. The van der Waals surface area contributed by atoms with Gasteiger partial charge in [-0.2, -0.15) is 0 Å². The Balaban J connectivity index is 1.64. The highest BCUT2D eigenvalue weighted by atomic mass is 16.4. The number of nitrogens with one attached hydrogen (secondary N) is 1. The van der Waals surface area contributed by atoms with Crippen LogP contribution in [0, 0.1) is 17.8 Å². The third-order valence-corrected chi connectivity index (χ3v) is 5.19. The lowest BCUT2D eigenvalue weighted by molar-refractivity contribution is -0.157. The van der Waals surface area contributed by atoms with Gasteiger partial charge in [0.25, 0.3) is 0 Å². The number of carbonyl (C=O) groups excluding carboxylic acids is 2. The SMILES string of the molecule is C[C@@H](NC(=O)N1C(=O)C[C@H]1C(=O)O)C1CCCC2C=CN=CC21. The van der Waals surface area contributed by atoms with E-state index in [-0.39, 0.29) is 24.3 Å². The monoisotopic (exact) mass is 319 g/mol. The molecule has 0 aromatic carbocycles. The number of aliphatic imine (C=N–C) groups is 1. The van der Waals surface area contributed by atoms with Gasteiger partial charge in [0.2, 0.25) is 5.91 Å². The van der Waals surface area contributed by atoms with Gasteiger partial charge in [-0.15, -0.1) is 0 Å². The first kappa shape index (κ1) is 15.7. The molecule has 23 heavy (non-hydrogen) atoms. The van der Waals surface area contributed by atoms with Crippen LogP contribution in [-0.4, -0.2) is 46.2 Å². The maximum atomic E-state index is 12.2. The highest BCUT2D eigenvalue weighted by molar-refractivity contribution is 6.05. The number of aliphatic carboxylic acids is 1. The highest BCUT2D eigenvalue weighted by Crippen LogP contribution is 2.38. The Kier molecular flexibility index (Phi) is 4.19. The van der Waals surface area contributed by atoms with Crippen LogP contribution in [0.25, 0.3) is 0 Å². The summed E-state index contributed by atoms with van der Waals surface area (Å²) in [5, 5.41) is 11.8. The van der Waals surface area contributed by atoms with Gasteiger partial charge in [0, 0.05) is 24.4 Å². The van der Waals surface area contributed by atoms with Crippen LogP contribution in [0.3, 0.4) is 0 Å². The largest absolute Gasteiger partial charge is 0.480 e. The first-order valence-electron chi connectivity index (χ1n) is 8.04. The predicted octanol–water partition coefficient (Wildman–Crippen LogP) is 1.40. The molecule has 2 aliphatic heterocycles. The molecule has 0 aromatic heterocycles. The van der Waals surface area contributed by atoms with Crippen LogP contribution in [0.1, 0.15) is 32.6 Å². The van der Waals surface area contributed by atoms with E-state index in [1.165, 1.54) is 0 Å². The molecule has 0 bridgehead atoms. The fourth-order valence-electron chi connectivity index (χ4n) is 3.87. The van der Waals surface area contributed by atoms with E-state index in [4.69, 9.17) is 5.11 Å². The van der Waals surface area contributed by atoms with E-state index < -0.39 is 23.9 Å². The van der Waals surface area contributed by atoms with Crippen molar-refractivity contribution in [1.82, 2.24) is 10.2 Å². The van der Waals surface area contributed by atoms with Gasteiger partial charge in [-0.1, -0.05) is 12.5 Å². The molecule has 2 heterocycles. The van der Waals surface area contributed by atoms with Gasteiger partial charge in [-0.05, 0) is 31.6 Å². The Morgan fingerprint density at radius 3 is 2.91 bits per heavy atom. The topological polar surface area (TPSA) is 99.1 Å². The second kappa shape index (κ2) is 6.14. The van der Waals surface area contributed by atoms with E-state index in [0.717, 1.165) is 24.2 Å². The summed E-state index contributed by atoms with van der Waals surface area (Å²) in [6.45, 7) is 1.91. The van der Waals surface area contributed by atoms with Crippen LogP contribution < -0.4 is 5.32 Å². The standard InChI is InChI=1S/C16H21N3O4/c1-9(11-4-2-3-10-5-6-17-8-12(10)11)18-16(23)19-13(15(21)22)7-14(19)20/h5-6,8-13H,2-4,7H2,1H3,(H,18,23)(H,21,22)/t9-,10?,11?,12?,13+/m1/s1. The summed E-state index contributed by atoms with van der Waals surface area (Å²) in [7, 11) is 0. The van der Waals surface area contributed by atoms with Crippen molar-refractivity contribution in [2.24, 2.45) is 22.7 Å². The number of nitrogens with zero attached hydrogens (tertiary/aromatic N) is 2. The van der Waals surface area contributed by atoms with Crippen molar-refractivity contribution in [2.45, 2.75) is 44.7 Å². The average molecular weight is 319 g/mol. The summed E-state index contributed by atoms with van der Waals surface area (Å²) in [4.78, 5) is 39.8. The zero-order chi connectivity index (χ0) is 16.6. The first-order chi connectivity index (χ1) is 11.0. The zero-order valence-corrected chi connectivity index (χ0v) is 13.0. The van der Waals surface area contributed by atoms with Crippen LogP contribution in [0.4, 0.5) is 4.79 Å². The summed E-state index contributed by atoms with van der Waals surface area (Å²) in [5.74, 6) is -0.610. The Bertz CT molecular complexity index is 586. The third kappa shape index (κ3) is 2.87. The van der Waals surface area contributed by atoms with Crippen molar-refractivity contribution in [3.05, 3.63) is 12.3 Å². The number of carboxylic acids is 1. The number of β-lactam (4-membered cyclic amide) rings is 1. The van der Waals surface area contributed by atoms with E-state index >= 15 is 0 Å². The maximum absolute atomic E-state index is 12.2. The number of fused-ring (bicyclic) bond motifs is 1. The molecular formula is C16H21N3O4. The third-order valence-electron chi connectivity index (χ3n) is 5.19. The molecule has 5 atom stereocenters. The van der Waals surface area contributed by atoms with Gasteiger partial charge >= 0.3 is 12.0 Å². The molecule has 1 saturated carbocycles. The summed E-state index contributed by atoms with van der Waals surface area (Å²) >= 11 is 0. The number of likely N-dealkylation sites (tertiary alicyclic amines) is 1. The van der Waals surface area contributed by atoms with Crippen molar-refractivity contribution >= 4 is 24.1 Å². The number of hydrogen-bond acceptors (Lipinski definition) is 4. The number of allylic oxidation sites excluding steroid dienone is 1. The second-order valence-electron chi connectivity index (χ2n) is 6.54. The van der Waals surface area contributed by atoms with Crippen LogP contribution in [0.5, 0.6) is 0 Å². The molecule has 7 heteroatoms. The van der Waals surface area contributed by atoms with Crippen molar-refractivity contribution in [3.63, 3.8) is 0 Å². The quantitative estimate of drug-likeness (QED) is 0.768. The Morgan fingerprint density at radius 2 is 2.22 bits per heavy atom. The van der Waals surface area contributed by atoms with E-state index in [1.54, 1.807) is 0 Å². The molecular weight excluding hydrogens is 298 g/mol. The van der Waals surface area contributed by atoms with E-state index in [2.05, 4.69) is 16.4 Å². The smallest absolute Gasteiger partial charge is 0.327 e. The van der Waals surface area contributed by atoms with Gasteiger partial charge in [0.15, 0.2) is 0 Å². The van der Waals surface area contributed by atoms with Crippen molar-refractivity contribution in [3.8, 4) is 0 Å². The fourth-order valence-corrected chi connectivity index (χ4v) is 3.87. The van der Waals surface area contributed by atoms with Gasteiger partial charge in [-0.3, -0.25) is 9.79 Å². The minimum Gasteiger partial charge on any atom is -0.480 e. The lowest BCUT2D eigenvalue weighted by Crippen LogP contribution is -2.63. The van der Waals surface area contributed by atoms with Crippen LogP contribution in [-0.2, 0) is 9.59 Å². The predicted molar refractivity (Wildman–Crippen MR) is 82.8 cm³/mol. The summed E-state index contributed by atoms with van der Waals surface area (Å²) in [6, 6.07) is -1.78. The molecule has 3 rings (SSSR count). The molecule has 0 radical (unpaired) electrons. The van der Waals surface area contributed by atoms with Gasteiger partial charge in [0.05, 0.1) is 6.42 Å². The van der Waals surface area contributed by atoms with Crippen molar-refractivity contribution in [2.75, 3.05) is 0 Å². The second-order valence-corrected chi connectivity index (χ2v) is 6.54. The number of amides is 3. The highest BCUT2D eigenvalue weighted by Gasteiger charge is 2.46. The Hall–Kier alpha value is -2.18.